The fourth-order valence-corrected chi connectivity index (χ4v) is 4.86. The van der Waals surface area contributed by atoms with Crippen molar-refractivity contribution >= 4 is 22.7 Å². The Morgan fingerprint density at radius 3 is 2.33 bits per heavy atom. The monoisotopic (exact) mass is 403 g/mol. The summed E-state index contributed by atoms with van der Waals surface area (Å²) in [7, 11) is 6.31. The molecule has 4 rings (SSSR count). The minimum Gasteiger partial charge on any atom is -0.372 e. The van der Waals surface area contributed by atoms with Gasteiger partial charge in [0.15, 0.2) is 0 Å². The molecule has 0 unspecified atom stereocenters. The molecule has 1 aliphatic carbocycles. The lowest BCUT2D eigenvalue weighted by atomic mass is 9.80. The van der Waals surface area contributed by atoms with E-state index in [0.29, 0.717) is 17.9 Å². The number of anilines is 2. The van der Waals surface area contributed by atoms with Gasteiger partial charge in [-0.3, -0.25) is 0 Å². The van der Waals surface area contributed by atoms with Gasteiger partial charge in [0, 0.05) is 18.5 Å². The quantitative estimate of drug-likeness (QED) is 0.635. The van der Waals surface area contributed by atoms with Crippen LogP contribution in [0, 0.1) is 12.8 Å². The summed E-state index contributed by atoms with van der Waals surface area (Å²) < 4.78 is 0. The maximum absolute atomic E-state index is 5.98. The van der Waals surface area contributed by atoms with E-state index < -0.39 is 0 Å². The summed E-state index contributed by atoms with van der Waals surface area (Å²) in [5.41, 5.74) is 12.0. The van der Waals surface area contributed by atoms with E-state index in [4.69, 9.17) is 5.73 Å². The van der Waals surface area contributed by atoms with Gasteiger partial charge in [-0.05, 0) is 81.8 Å². The molecule has 0 bridgehead atoms. The molecule has 3 N–H and O–H groups in total. The van der Waals surface area contributed by atoms with Crippen molar-refractivity contribution in [1.29, 1.82) is 0 Å². The molecule has 0 radical (unpaired) electrons. The van der Waals surface area contributed by atoms with Gasteiger partial charge in [0.25, 0.3) is 0 Å². The van der Waals surface area contributed by atoms with Crippen LogP contribution >= 0.6 is 0 Å². The number of nitrogen functional groups attached to an aromatic ring is 1. The van der Waals surface area contributed by atoms with Crippen molar-refractivity contribution in [3.05, 3.63) is 47.5 Å². The summed E-state index contributed by atoms with van der Waals surface area (Å²) in [4.78, 5) is 11.4. The second-order valence-corrected chi connectivity index (χ2v) is 8.87. The molecule has 2 aromatic carbocycles. The van der Waals surface area contributed by atoms with Crippen molar-refractivity contribution in [3.8, 4) is 11.1 Å². The predicted octanol–water partition coefficient (Wildman–Crippen LogP) is 4.89. The number of hydrogen-bond donors (Lipinski definition) is 2. The molecule has 1 aliphatic rings. The number of fused-ring (bicyclic) bond motifs is 1. The van der Waals surface area contributed by atoms with Crippen LogP contribution in [-0.2, 0) is 6.42 Å². The Hall–Kier alpha value is -2.66. The van der Waals surface area contributed by atoms with Crippen molar-refractivity contribution in [2.45, 2.75) is 45.1 Å². The van der Waals surface area contributed by atoms with Crippen LogP contribution in [0.4, 0.5) is 11.8 Å². The Morgan fingerprint density at radius 1 is 1.00 bits per heavy atom. The van der Waals surface area contributed by atoms with Crippen molar-refractivity contribution in [2.24, 2.45) is 5.92 Å². The maximum Gasteiger partial charge on any atom is 0.222 e. The second kappa shape index (κ2) is 8.60. The Balaban J connectivity index is 1.79. The third-order valence-electron chi connectivity index (χ3n) is 6.63. The molecule has 0 amide bonds. The van der Waals surface area contributed by atoms with E-state index in [9.17, 15) is 0 Å². The molecule has 1 heterocycles. The van der Waals surface area contributed by atoms with Crippen molar-refractivity contribution in [1.82, 2.24) is 14.9 Å². The Morgan fingerprint density at radius 2 is 1.70 bits per heavy atom. The molecule has 1 aromatic heterocycles. The first-order valence-electron chi connectivity index (χ1n) is 11.0. The van der Waals surface area contributed by atoms with E-state index in [-0.39, 0.29) is 0 Å². The van der Waals surface area contributed by atoms with E-state index in [2.05, 4.69) is 77.6 Å². The Bertz CT molecular complexity index is 1020. The van der Waals surface area contributed by atoms with Gasteiger partial charge in [-0.1, -0.05) is 35.9 Å². The average molecular weight is 404 g/mol. The van der Waals surface area contributed by atoms with Gasteiger partial charge in [-0.2, -0.15) is 4.98 Å². The summed E-state index contributed by atoms with van der Waals surface area (Å²) in [5, 5.41) is 4.37. The van der Waals surface area contributed by atoms with E-state index >= 15 is 0 Å². The lowest BCUT2D eigenvalue weighted by Crippen LogP contribution is -2.32. The number of nitrogens with zero attached hydrogens (tertiary/aromatic N) is 3. The largest absolute Gasteiger partial charge is 0.372 e. The van der Waals surface area contributed by atoms with Gasteiger partial charge >= 0.3 is 0 Å². The second-order valence-electron chi connectivity index (χ2n) is 8.87. The fourth-order valence-electron chi connectivity index (χ4n) is 4.86. The molecule has 0 aliphatic heterocycles. The zero-order valence-electron chi connectivity index (χ0n) is 18.6. The van der Waals surface area contributed by atoms with Crippen LogP contribution in [0.1, 0.15) is 36.8 Å². The van der Waals surface area contributed by atoms with Gasteiger partial charge < -0.3 is 16.0 Å². The first-order valence-corrected chi connectivity index (χ1v) is 11.0. The first-order chi connectivity index (χ1) is 14.5. The molecule has 1 saturated carbocycles. The average Bonchev–Trinajstić information content (AvgIpc) is 2.74. The smallest absolute Gasteiger partial charge is 0.222 e. The zero-order chi connectivity index (χ0) is 21.3. The van der Waals surface area contributed by atoms with Crippen LogP contribution in [0.5, 0.6) is 0 Å². The molecular weight excluding hydrogens is 370 g/mol. The van der Waals surface area contributed by atoms with Gasteiger partial charge in [-0.15, -0.1) is 0 Å². The molecular formula is C25H33N5. The molecule has 158 valence electrons. The summed E-state index contributed by atoms with van der Waals surface area (Å²) in [6, 6.07) is 13.8. The molecule has 5 heteroatoms. The van der Waals surface area contributed by atoms with Crippen molar-refractivity contribution in [2.75, 3.05) is 32.2 Å². The molecule has 0 spiro atoms. The topological polar surface area (TPSA) is 67.1 Å². The van der Waals surface area contributed by atoms with Crippen LogP contribution in [0.3, 0.4) is 0 Å². The highest BCUT2D eigenvalue weighted by atomic mass is 15.1. The highest BCUT2D eigenvalue weighted by molar-refractivity contribution is 5.97. The molecule has 5 nitrogen and oxygen atoms in total. The van der Waals surface area contributed by atoms with Crippen molar-refractivity contribution < 1.29 is 0 Å². The molecule has 30 heavy (non-hydrogen) atoms. The number of aromatic nitrogens is 2. The SMILES string of the molecule is CNc1nc(N)nc2ccc(-c3ccc(C)cc3)c(CC3CCC(N(C)C)CC3)c12. The van der Waals surface area contributed by atoms with Crippen LogP contribution in [0.2, 0.25) is 0 Å². The lowest BCUT2D eigenvalue weighted by molar-refractivity contribution is 0.193. The van der Waals surface area contributed by atoms with Crippen LogP contribution in [0.25, 0.3) is 22.0 Å². The van der Waals surface area contributed by atoms with Crippen LogP contribution < -0.4 is 11.1 Å². The lowest BCUT2D eigenvalue weighted by Gasteiger charge is -2.33. The third-order valence-corrected chi connectivity index (χ3v) is 6.63. The number of benzene rings is 2. The normalized spacial score (nSPS) is 19.4. The van der Waals surface area contributed by atoms with Crippen LogP contribution in [0.15, 0.2) is 36.4 Å². The standard InChI is InChI=1S/C25H33N5/c1-16-5-9-18(10-6-16)20-13-14-22-23(24(27-2)29-25(26)28-22)21(20)15-17-7-11-19(12-8-17)30(3)4/h5-6,9-10,13-14,17,19H,7-8,11-12,15H2,1-4H3,(H3,26,27,28,29). The first kappa shape index (κ1) is 20.6. The number of nitrogens with two attached hydrogens (primary N) is 1. The number of aryl methyl sites for hydroxylation is 1. The van der Waals surface area contributed by atoms with E-state index in [0.717, 1.165) is 23.1 Å². The molecule has 3 aromatic rings. The minimum absolute atomic E-state index is 0.312. The molecule has 1 fully saturated rings. The predicted molar refractivity (Wildman–Crippen MR) is 127 cm³/mol. The van der Waals surface area contributed by atoms with Gasteiger partial charge in [0.1, 0.15) is 5.82 Å². The number of hydrogen-bond acceptors (Lipinski definition) is 5. The summed E-state index contributed by atoms with van der Waals surface area (Å²) >= 11 is 0. The Labute approximate surface area is 179 Å². The van der Waals surface area contributed by atoms with Crippen molar-refractivity contribution in [3.63, 3.8) is 0 Å². The van der Waals surface area contributed by atoms with E-state index in [1.807, 2.05) is 7.05 Å². The Kier molecular flexibility index (Phi) is 5.91. The number of nitrogens with one attached hydrogen (secondary N) is 1. The highest BCUT2D eigenvalue weighted by Crippen LogP contribution is 2.38. The van der Waals surface area contributed by atoms with Gasteiger partial charge in [0.2, 0.25) is 5.95 Å². The molecule has 0 saturated heterocycles. The van der Waals surface area contributed by atoms with Crippen LogP contribution in [-0.4, -0.2) is 42.1 Å². The maximum atomic E-state index is 5.98. The fraction of sp³-hybridized carbons (Fsp3) is 0.440. The van der Waals surface area contributed by atoms with Gasteiger partial charge in [0.05, 0.1) is 5.52 Å². The van der Waals surface area contributed by atoms with E-state index in [1.165, 1.54) is 47.9 Å². The third kappa shape index (κ3) is 4.12. The zero-order valence-corrected chi connectivity index (χ0v) is 18.6. The number of rotatable bonds is 5. The summed E-state index contributed by atoms with van der Waals surface area (Å²) in [6.45, 7) is 2.13. The summed E-state index contributed by atoms with van der Waals surface area (Å²) in [6.07, 6.45) is 6.10. The van der Waals surface area contributed by atoms with Gasteiger partial charge in [-0.25, -0.2) is 4.98 Å². The summed E-state index contributed by atoms with van der Waals surface area (Å²) in [5.74, 6) is 1.81. The minimum atomic E-state index is 0.312. The van der Waals surface area contributed by atoms with E-state index in [1.54, 1.807) is 0 Å². The molecule has 0 atom stereocenters. The highest BCUT2D eigenvalue weighted by Gasteiger charge is 2.25.